The number of amides is 2. The Kier molecular flexibility index (Phi) is 10.2. The van der Waals surface area contributed by atoms with Crippen LogP contribution >= 0.6 is 34.8 Å². The molecule has 4 aromatic carbocycles. The summed E-state index contributed by atoms with van der Waals surface area (Å²) in [7, 11) is -7.88. The number of hydrogen-bond acceptors (Lipinski definition) is 7. The van der Waals surface area contributed by atoms with E-state index in [1.54, 1.807) is 18.2 Å². The van der Waals surface area contributed by atoms with Crippen molar-refractivity contribution in [2.45, 2.75) is 9.79 Å². The Hall–Kier alpha value is -3.61. The van der Waals surface area contributed by atoms with Gasteiger partial charge in [0.2, 0.25) is 0 Å². The third-order valence-electron chi connectivity index (χ3n) is 5.00. The summed E-state index contributed by atoms with van der Waals surface area (Å²) in [6.45, 7) is 0. The van der Waals surface area contributed by atoms with Crippen LogP contribution in [0.1, 0.15) is 20.7 Å². The van der Waals surface area contributed by atoms with E-state index >= 15 is 0 Å². The summed E-state index contributed by atoms with van der Waals surface area (Å²) in [5, 5.41) is 1.17. The van der Waals surface area contributed by atoms with Gasteiger partial charge in [0.1, 0.15) is 0 Å². The Labute approximate surface area is 246 Å². The van der Waals surface area contributed by atoms with Crippen molar-refractivity contribution in [2.75, 3.05) is 5.73 Å². The maximum atomic E-state index is 12.1. The molecule has 0 aliphatic heterocycles. The van der Waals surface area contributed by atoms with Crippen LogP contribution in [0.2, 0.25) is 15.1 Å². The highest BCUT2D eigenvalue weighted by Gasteiger charge is 2.20. The molecule has 0 saturated heterocycles. The third kappa shape index (κ3) is 8.44. The van der Waals surface area contributed by atoms with Gasteiger partial charge >= 0.3 is 0 Å². The van der Waals surface area contributed by atoms with E-state index < -0.39 is 31.9 Å². The van der Waals surface area contributed by atoms with Crippen LogP contribution in [0.15, 0.2) is 107 Å². The minimum absolute atomic E-state index is 0.0128. The molecule has 0 aromatic heterocycles. The van der Waals surface area contributed by atoms with Crippen LogP contribution in [0.25, 0.3) is 0 Å². The van der Waals surface area contributed by atoms with E-state index in [9.17, 15) is 26.4 Å². The molecule has 0 unspecified atom stereocenters. The molecule has 0 fully saturated rings. The van der Waals surface area contributed by atoms with Crippen molar-refractivity contribution in [3.8, 4) is 0 Å². The number of nitrogens with two attached hydrogens (primary N) is 1. The van der Waals surface area contributed by atoms with Crippen LogP contribution in [-0.4, -0.2) is 28.6 Å². The molecule has 0 aliphatic rings. The third-order valence-corrected chi connectivity index (χ3v) is 8.43. The van der Waals surface area contributed by atoms with Gasteiger partial charge in [-0.2, -0.15) is 0 Å². The average Bonchev–Trinajstić information content (AvgIpc) is 2.89. The Morgan fingerprint density at radius 1 is 0.575 bits per heavy atom. The molecule has 0 saturated carbocycles. The van der Waals surface area contributed by atoms with Crippen molar-refractivity contribution in [3.63, 3.8) is 0 Å². The predicted molar refractivity (Wildman–Crippen MR) is 155 cm³/mol. The lowest BCUT2D eigenvalue weighted by Crippen LogP contribution is -2.31. The number of rotatable bonds is 6. The molecule has 4 N–H and O–H groups in total. The van der Waals surface area contributed by atoms with Crippen LogP contribution in [0.3, 0.4) is 0 Å². The molecule has 40 heavy (non-hydrogen) atoms. The van der Waals surface area contributed by atoms with Crippen LogP contribution in [-0.2, 0) is 20.0 Å². The van der Waals surface area contributed by atoms with Gasteiger partial charge in [-0.25, -0.2) is 26.3 Å². The maximum Gasteiger partial charge on any atom is 0.267 e. The quantitative estimate of drug-likeness (QED) is 0.246. The summed E-state index contributed by atoms with van der Waals surface area (Å²) in [5.41, 5.74) is 6.03. The predicted octanol–water partition coefficient (Wildman–Crippen LogP) is 5.15. The molecular weight excluding hydrogens is 621 g/mol. The first-order valence-corrected chi connectivity index (χ1v) is 15.1. The van der Waals surface area contributed by atoms with E-state index in [0.717, 1.165) is 0 Å². The van der Waals surface area contributed by atoms with Gasteiger partial charge in [0.15, 0.2) is 0 Å². The second-order valence-corrected chi connectivity index (χ2v) is 12.5. The normalized spacial score (nSPS) is 11.1. The molecule has 0 radical (unpaired) electrons. The molecule has 14 heteroatoms. The number of hydrogen-bond donors (Lipinski definition) is 3. The highest BCUT2D eigenvalue weighted by Crippen LogP contribution is 2.19. The summed E-state index contributed by atoms with van der Waals surface area (Å²) >= 11 is 17.1. The van der Waals surface area contributed by atoms with Gasteiger partial charge in [0.25, 0.3) is 31.9 Å². The van der Waals surface area contributed by atoms with Crippen molar-refractivity contribution in [1.82, 2.24) is 9.44 Å². The van der Waals surface area contributed by atoms with Crippen molar-refractivity contribution < 1.29 is 26.4 Å². The minimum atomic E-state index is -4.00. The SMILES string of the molecule is Nc1cc(Cl)ccc1C(=O)NS(=O)(=O)c1ccc(Cl)cc1.O=C(NS(=O)(=O)c1ccc(Cl)cc1)c1ccccc1. The van der Waals surface area contributed by atoms with Gasteiger partial charge in [-0.05, 0) is 78.9 Å². The molecule has 0 heterocycles. The molecule has 208 valence electrons. The Balaban J connectivity index is 0.000000222. The van der Waals surface area contributed by atoms with Crippen LogP contribution in [0.5, 0.6) is 0 Å². The van der Waals surface area contributed by atoms with Crippen LogP contribution < -0.4 is 15.2 Å². The minimum Gasteiger partial charge on any atom is -0.398 e. The van der Waals surface area contributed by atoms with Gasteiger partial charge in [0, 0.05) is 26.3 Å². The van der Waals surface area contributed by atoms with Crippen molar-refractivity contribution >= 4 is 72.4 Å². The van der Waals surface area contributed by atoms with Gasteiger partial charge in [-0.3, -0.25) is 9.59 Å². The fourth-order valence-electron chi connectivity index (χ4n) is 3.03. The molecule has 9 nitrogen and oxygen atoms in total. The summed E-state index contributed by atoms with van der Waals surface area (Å²) in [5.74, 6) is -1.50. The summed E-state index contributed by atoms with van der Waals surface area (Å²) in [6.07, 6.45) is 0. The number of anilines is 1. The monoisotopic (exact) mass is 639 g/mol. The van der Waals surface area contributed by atoms with E-state index in [1.165, 1.54) is 78.9 Å². The van der Waals surface area contributed by atoms with Gasteiger partial charge < -0.3 is 5.73 Å². The number of nitrogen functional groups attached to an aromatic ring is 1. The van der Waals surface area contributed by atoms with Gasteiger partial charge in [-0.1, -0.05) is 53.0 Å². The van der Waals surface area contributed by atoms with Crippen molar-refractivity contribution in [3.05, 3.63) is 123 Å². The second kappa shape index (κ2) is 13.2. The Morgan fingerprint density at radius 2 is 1.00 bits per heavy atom. The van der Waals surface area contributed by atoms with E-state index in [-0.39, 0.29) is 26.6 Å². The topological polar surface area (TPSA) is 152 Å². The molecular formula is C26H20Cl3N3O6S2. The highest BCUT2D eigenvalue weighted by molar-refractivity contribution is 7.90. The van der Waals surface area contributed by atoms with Gasteiger partial charge in [-0.15, -0.1) is 0 Å². The smallest absolute Gasteiger partial charge is 0.267 e. The zero-order valence-electron chi connectivity index (χ0n) is 20.2. The van der Waals surface area contributed by atoms with E-state index in [2.05, 4.69) is 0 Å². The fourth-order valence-corrected chi connectivity index (χ4v) is 5.41. The largest absolute Gasteiger partial charge is 0.398 e. The lowest BCUT2D eigenvalue weighted by atomic mass is 10.2. The number of sulfonamides is 2. The first-order valence-electron chi connectivity index (χ1n) is 11.0. The Morgan fingerprint density at radius 3 is 1.45 bits per heavy atom. The Bertz CT molecular complexity index is 1730. The van der Waals surface area contributed by atoms with Gasteiger partial charge in [0.05, 0.1) is 15.4 Å². The number of benzene rings is 4. The highest BCUT2D eigenvalue weighted by atomic mass is 35.5. The van der Waals surface area contributed by atoms with Crippen LogP contribution in [0.4, 0.5) is 5.69 Å². The number of carbonyl (C=O) groups is 2. The van der Waals surface area contributed by atoms with E-state index in [1.807, 2.05) is 9.44 Å². The molecule has 0 aliphatic carbocycles. The first kappa shape index (κ1) is 30.9. The maximum absolute atomic E-state index is 12.1. The molecule has 0 bridgehead atoms. The number of halogens is 3. The molecule has 4 rings (SSSR count). The van der Waals surface area contributed by atoms with Crippen LogP contribution in [0, 0.1) is 0 Å². The van der Waals surface area contributed by atoms with E-state index in [4.69, 9.17) is 40.5 Å². The summed E-state index contributed by atoms with van der Waals surface area (Å²) in [6, 6.07) is 23.3. The molecule has 2 amide bonds. The lowest BCUT2D eigenvalue weighted by molar-refractivity contribution is 0.0972. The average molecular weight is 641 g/mol. The molecule has 4 aromatic rings. The zero-order chi connectivity index (χ0) is 29.5. The fraction of sp³-hybridized carbons (Fsp3) is 0. The number of nitrogens with one attached hydrogen (secondary N) is 2. The second-order valence-electron chi connectivity index (χ2n) is 7.87. The summed E-state index contributed by atoms with van der Waals surface area (Å²) < 4.78 is 52.0. The van der Waals surface area contributed by atoms with Crippen molar-refractivity contribution in [1.29, 1.82) is 0 Å². The summed E-state index contributed by atoms with van der Waals surface area (Å²) in [4.78, 5) is 23.7. The van der Waals surface area contributed by atoms with E-state index in [0.29, 0.717) is 15.1 Å². The standard InChI is InChI=1S/C13H10Cl2N2O3S.C13H10ClNO3S/c14-8-1-4-10(5-2-8)21(19,20)17-13(18)11-6-3-9(15)7-12(11)16;14-11-6-8-12(9-7-11)19(17,18)15-13(16)10-4-2-1-3-5-10/h1-7H,16H2,(H,17,18);1-9H,(H,15,16). The first-order chi connectivity index (χ1) is 18.8. The zero-order valence-corrected chi connectivity index (χ0v) is 24.1. The lowest BCUT2D eigenvalue weighted by Gasteiger charge is -2.09. The number of carbonyl (C=O) groups excluding carboxylic acids is 2. The molecule has 0 spiro atoms. The molecule has 0 atom stereocenters. The van der Waals surface area contributed by atoms with Crippen molar-refractivity contribution in [2.24, 2.45) is 0 Å².